The molecule has 1 fully saturated rings. The van der Waals surface area contributed by atoms with Crippen LogP contribution in [0.2, 0.25) is 0 Å². The standard InChI is InChI=1S/C15H21N3O2S2/c1-15(2)6-10-13(11(19)7-15)22-14(17-10)18-12(20)5-9-8-21-4-3-16-9/h9,16H,3-8H2,1-2H3,(H,17,18,20). The maximum atomic E-state index is 12.2. The first kappa shape index (κ1) is 16.0. The van der Waals surface area contributed by atoms with Crippen molar-refractivity contribution in [3.63, 3.8) is 0 Å². The van der Waals surface area contributed by atoms with Crippen molar-refractivity contribution in [1.29, 1.82) is 0 Å². The van der Waals surface area contributed by atoms with Gasteiger partial charge in [-0.05, 0) is 11.8 Å². The van der Waals surface area contributed by atoms with E-state index in [2.05, 4.69) is 29.5 Å². The number of thiazole rings is 1. The van der Waals surface area contributed by atoms with Crippen LogP contribution in [-0.2, 0) is 11.2 Å². The normalized spacial score (nSPS) is 23.9. The Bertz CT molecular complexity index is 592. The summed E-state index contributed by atoms with van der Waals surface area (Å²) in [5.74, 6) is 2.19. The minimum atomic E-state index is -0.0390. The quantitative estimate of drug-likeness (QED) is 0.884. The first-order chi connectivity index (χ1) is 10.4. The average molecular weight is 339 g/mol. The van der Waals surface area contributed by atoms with E-state index in [0.29, 0.717) is 18.0 Å². The maximum Gasteiger partial charge on any atom is 0.227 e. The predicted octanol–water partition coefficient (Wildman–Crippen LogP) is 2.33. The number of aromatic nitrogens is 1. The van der Waals surface area contributed by atoms with Gasteiger partial charge in [-0.15, -0.1) is 0 Å². The van der Waals surface area contributed by atoms with Crippen LogP contribution in [0.25, 0.3) is 0 Å². The molecule has 3 rings (SSSR count). The summed E-state index contributed by atoms with van der Waals surface area (Å²) in [5, 5.41) is 6.77. The van der Waals surface area contributed by atoms with Crippen LogP contribution in [0.1, 0.15) is 42.1 Å². The second kappa shape index (κ2) is 6.29. The minimum Gasteiger partial charge on any atom is -0.312 e. The number of thioether (sulfide) groups is 1. The molecule has 1 aliphatic carbocycles. The third-order valence-electron chi connectivity index (χ3n) is 3.91. The first-order valence-corrected chi connectivity index (χ1v) is 9.54. The van der Waals surface area contributed by atoms with Crippen LogP contribution in [0.15, 0.2) is 0 Å². The van der Waals surface area contributed by atoms with E-state index >= 15 is 0 Å². The van der Waals surface area contributed by atoms with Gasteiger partial charge in [-0.25, -0.2) is 4.98 Å². The predicted molar refractivity (Wildman–Crippen MR) is 90.9 cm³/mol. The number of fused-ring (bicyclic) bond motifs is 1. The van der Waals surface area contributed by atoms with Crippen LogP contribution in [0.3, 0.4) is 0 Å². The molecule has 7 heteroatoms. The molecular weight excluding hydrogens is 318 g/mol. The smallest absolute Gasteiger partial charge is 0.227 e. The highest BCUT2D eigenvalue weighted by molar-refractivity contribution is 7.99. The maximum absolute atomic E-state index is 12.2. The van der Waals surface area contributed by atoms with Crippen molar-refractivity contribution >= 4 is 39.9 Å². The van der Waals surface area contributed by atoms with E-state index in [4.69, 9.17) is 0 Å². The molecule has 0 spiro atoms. The Morgan fingerprint density at radius 2 is 2.27 bits per heavy atom. The molecule has 5 nitrogen and oxygen atoms in total. The van der Waals surface area contributed by atoms with Crippen LogP contribution in [-0.4, -0.2) is 40.8 Å². The van der Waals surface area contributed by atoms with Crippen LogP contribution in [0.5, 0.6) is 0 Å². The number of rotatable bonds is 3. The summed E-state index contributed by atoms with van der Waals surface area (Å²) in [7, 11) is 0. The lowest BCUT2D eigenvalue weighted by Crippen LogP contribution is -2.39. The molecule has 0 bridgehead atoms. The van der Waals surface area contributed by atoms with Crippen molar-refractivity contribution < 1.29 is 9.59 Å². The van der Waals surface area contributed by atoms with Crippen LogP contribution in [0, 0.1) is 5.41 Å². The van der Waals surface area contributed by atoms with Crippen molar-refractivity contribution in [3.8, 4) is 0 Å². The average Bonchev–Trinajstić information content (AvgIpc) is 2.80. The van der Waals surface area contributed by atoms with Crippen molar-refractivity contribution in [2.24, 2.45) is 5.41 Å². The fourth-order valence-corrected chi connectivity index (χ4v) is 4.80. The Balaban J connectivity index is 1.64. The molecule has 0 saturated carbocycles. The number of Topliss-reactive ketones (excluding diaryl/α,β-unsaturated/α-hetero) is 1. The molecule has 1 aliphatic heterocycles. The third-order valence-corrected chi connectivity index (χ3v) is 6.10. The Labute approximate surface area is 138 Å². The number of anilines is 1. The Hall–Kier alpha value is -0.920. The van der Waals surface area contributed by atoms with E-state index in [1.807, 2.05) is 11.8 Å². The molecule has 0 aromatic carbocycles. The van der Waals surface area contributed by atoms with Crippen molar-refractivity contribution in [2.45, 2.75) is 39.2 Å². The molecule has 1 aromatic heterocycles. The monoisotopic (exact) mass is 339 g/mol. The third kappa shape index (κ3) is 3.70. The highest BCUT2D eigenvalue weighted by Crippen LogP contribution is 2.38. The van der Waals surface area contributed by atoms with E-state index in [9.17, 15) is 9.59 Å². The van der Waals surface area contributed by atoms with E-state index in [1.165, 1.54) is 11.3 Å². The minimum absolute atomic E-state index is 0.0298. The van der Waals surface area contributed by atoms with Gasteiger partial charge >= 0.3 is 0 Å². The van der Waals surface area contributed by atoms with Crippen LogP contribution >= 0.6 is 23.1 Å². The van der Waals surface area contributed by atoms with E-state index < -0.39 is 0 Å². The van der Waals surface area contributed by atoms with Gasteiger partial charge in [0.05, 0.1) is 10.6 Å². The molecule has 120 valence electrons. The van der Waals surface area contributed by atoms with Gasteiger partial charge < -0.3 is 10.6 Å². The SMILES string of the molecule is CC1(C)CC(=O)c2sc(NC(=O)CC3CSCCN3)nc2C1. The number of ketones is 1. The lowest BCUT2D eigenvalue weighted by molar-refractivity contribution is -0.116. The summed E-state index contributed by atoms with van der Waals surface area (Å²) in [6.45, 7) is 5.12. The second-order valence-corrected chi connectivity index (χ2v) is 8.86. The Kier molecular flexibility index (Phi) is 4.56. The van der Waals surface area contributed by atoms with Crippen molar-refractivity contribution in [3.05, 3.63) is 10.6 Å². The topological polar surface area (TPSA) is 71.1 Å². The highest BCUT2D eigenvalue weighted by atomic mass is 32.2. The largest absolute Gasteiger partial charge is 0.312 e. The molecule has 1 saturated heterocycles. The summed E-state index contributed by atoms with van der Waals surface area (Å²) in [5.41, 5.74) is 0.802. The molecule has 1 aromatic rings. The number of nitrogens with zero attached hydrogens (tertiary/aromatic N) is 1. The van der Waals surface area contributed by atoms with Gasteiger partial charge in [0.1, 0.15) is 0 Å². The van der Waals surface area contributed by atoms with Gasteiger partial charge in [0, 0.05) is 36.9 Å². The summed E-state index contributed by atoms with van der Waals surface area (Å²) < 4.78 is 0. The lowest BCUT2D eigenvalue weighted by atomic mass is 9.78. The molecule has 0 radical (unpaired) electrons. The van der Waals surface area contributed by atoms with Crippen LogP contribution in [0.4, 0.5) is 5.13 Å². The van der Waals surface area contributed by atoms with E-state index in [1.54, 1.807) is 0 Å². The first-order valence-electron chi connectivity index (χ1n) is 7.57. The number of carbonyl (C=O) groups is 2. The summed E-state index contributed by atoms with van der Waals surface area (Å²) in [4.78, 5) is 29.5. The summed E-state index contributed by atoms with van der Waals surface area (Å²) in [6.07, 6.45) is 1.80. The lowest BCUT2D eigenvalue weighted by Gasteiger charge is -2.26. The molecule has 1 unspecified atom stereocenters. The Morgan fingerprint density at radius 1 is 1.45 bits per heavy atom. The Morgan fingerprint density at radius 3 is 3.00 bits per heavy atom. The molecule has 1 atom stereocenters. The molecule has 2 aliphatic rings. The number of hydrogen-bond donors (Lipinski definition) is 2. The van der Waals surface area contributed by atoms with Crippen molar-refractivity contribution in [1.82, 2.24) is 10.3 Å². The van der Waals surface area contributed by atoms with Crippen molar-refractivity contribution in [2.75, 3.05) is 23.4 Å². The number of hydrogen-bond acceptors (Lipinski definition) is 6. The molecule has 1 amide bonds. The number of nitrogens with one attached hydrogen (secondary N) is 2. The molecule has 2 heterocycles. The van der Waals surface area contributed by atoms with Gasteiger partial charge in [0.15, 0.2) is 10.9 Å². The van der Waals surface area contributed by atoms with Gasteiger partial charge in [-0.1, -0.05) is 25.2 Å². The zero-order valence-corrected chi connectivity index (χ0v) is 14.5. The number of carbonyl (C=O) groups excluding carboxylic acids is 2. The zero-order chi connectivity index (χ0) is 15.7. The number of amides is 1. The fraction of sp³-hybridized carbons (Fsp3) is 0.667. The molecule has 22 heavy (non-hydrogen) atoms. The fourth-order valence-electron chi connectivity index (χ4n) is 2.92. The molecular formula is C15H21N3O2S2. The highest BCUT2D eigenvalue weighted by Gasteiger charge is 2.34. The van der Waals surface area contributed by atoms with Crippen LogP contribution < -0.4 is 10.6 Å². The van der Waals surface area contributed by atoms with Gasteiger partial charge in [0.2, 0.25) is 5.91 Å². The van der Waals surface area contributed by atoms with E-state index in [0.717, 1.165) is 35.0 Å². The summed E-state index contributed by atoms with van der Waals surface area (Å²) in [6, 6.07) is 0.230. The summed E-state index contributed by atoms with van der Waals surface area (Å²) >= 11 is 3.19. The zero-order valence-electron chi connectivity index (χ0n) is 12.9. The van der Waals surface area contributed by atoms with Gasteiger partial charge in [-0.2, -0.15) is 11.8 Å². The second-order valence-electron chi connectivity index (χ2n) is 6.71. The van der Waals surface area contributed by atoms with E-state index in [-0.39, 0.29) is 23.1 Å². The van der Waals surface area contributed by atoms with Gasteiger partial charge in [0.25, 0.3) is 0 Å². The van der Waals surface area contributed by atoms with Gasteiger partial charge in [-0.3, -0.25) is 9.59 Å². The molecule has 2 N–H and O–H groups in total.